The van der Waals surface area contributed by atoms with Gasteiger partial charge in [-0.25, -0.2) is 9.97 Å². The van der Waals surface area contributed by atoms with Crippen LogP contribution in [0.25, 0.3) is 0 Å². The number of nitrogens with two attached hydrogens (primary N) is 1. The molecule has 1 aliphatic rings. The van der Waals surface area contributed by atoms with E-state index < -0.39 is 0 Å². The van der Waals surface area contributed by atoms with Crippen molar-refractivity contribution in [3.8, 4) is 6.07 Å². The molecule has 1 aromatic heterocycles. The summed E-state index contributed by atoms with van der Waals surface area (Å²) < 4.78 is 0. The Kier molecular flexibility index (Phi) is 3.02. The predicted octanol–water partition coefficient (Wildman–Crippen LogP) is 0.522. The van der Waals surface area contributed by atoms with Gasteiger partial charge in [0.1, 0.15) is 11.9 Å². The molecule has 1 saturated heterocycles. The number of nitrogens with zero attached hydrogens (tertiary/aromatic N) is 4. The summed E-state index contributed by atoms with van der Waals surface area (Å²) in [4.78, 5) is 10.4. The Labute approximate surface area is 94.9 Å². The van der Waals surface area contributed by atoms with Gasteiger partial charge >= 0.3 is 0 Å². The molecule has 84 valence electrons. The van der Waals surface area contributed by atoms with Gasteiger partial charge < -0.3 is 10.6 Å². The highest BCUT2D eigenvalue weighted by atomic mass is 15.2. The quantitative estimate of drug-likeness (QED) is 0.742. The van der Waals surface area contributed by atoms with Crippen LogP contribution in [-0.4, -0.2) is 29.1 Å². The first kappa shape index (κ1) is 10.8. The third-order valence-corrected chi connectivity index (χ3v) is 3.09. The molecule has 5 nitrogen and oxygen atoms in total. The van der Waals surface area contributed by atoms with Crippen molar-refractivity contribution >= 4 is 5.82 Å². The van der Waals surface area contributed by atoms with E-state index in [0.717, 1.165) is 25.3 Å². The van der Waals surface area contributed by atoms with Gasteiger partial charge in [0, 0.05) is 19.1 Å². The van der Waals surface area contributed by atoms with Gasteiger partial charge in [0.15, 0.2) is 5.69 Å². The lowest BCUT2D eigenvalue weighted by Gasteiger charge is -2.35. The molecule has 0 aliphatic carbocycles. The Bertz CT molecular complexity index is 394. The molecule has 5 heteroatoms. The Balaban J connectivity index is 2.10. The highest BCUT2D eigenvalue weighted by molar-refractivity contribution is 5.38. The molecule has 2 rings (SSSR count). The number of hydrogen-bond donors (Lipinski definition) is 1. The van der Waals surface area contributed by atoms with Crippen LogP contribution < -0.4 is 10.6 Å². The van der Waals surface area contributed by atoms with Gasteiger partial charge in [0.05, 0.1) is 12.4 Å². The zero-order chi connectivity index (χ0) is 11.5. The van der Waals surface area contributed by atoms with Gasteiger partial charge in [0.25, 0.3) is 0 Å². The maximum atomic E-state index is 8.63. The molecule has 2 atom stereocenters. The van der Waals surface area contributed by atoms with Crippen molar-refractivity contribution in [3.05, 3.63) is 18.1 Å². The molecule has 1 aromatic rings. The van der Waals surface area contributed by atoms with Crippen molar-refractivity contribution in [2.45, 2.75) is 19.4 Å². The first-order valence-corrected chi connectivity index (χ1v) is 5.43. The van der Waals surface area contributed by atoms with Gasteiger partial charge in [-0.3, -0.25) is 0 Å². The smallest absolute Gasteiger partial charge is 0.158 e. The first-order chi connectivity index (χ1) is 7.70. The van der Waals surface area contributed by atoms with E-state index in [1.54, 1.807) is 6.20 Å². The minimum absolute atomic E-state index is 0.186. The minimum atomic E-state index is 0.186. The number of anilines is 1. The molecule has 1 fully saturated rings. The van der Waals surface area contributed by atoms with Gasteiger partial charge in [0.2, 0.25) is 0 Å². The van der Waals surface area contributed by atoms with Crippen LogP contribution in [0.15, 0.2) is 12.4 Å². The van der Waals surface area contributed by atoms with E-state index in [9.17, 15) is 0 Å². The van der Waals surface area contributed by atoms with Gasteiger partial charge in [-0.05, 0) is 12.3 Å². The lowest BCUT2D eigenvalue weighted by molar-refractivity contribution is 0.378. The van der Waals surface area contributed by atoms with Gasteiger partial charge in [-0.15, -0.1) is 0 Å². The Morgan fingerprint density at radius 2 is 2.31 bits per heavy atom. The number of hydrogen-bond acceptors (Lipinski definition) is 5. The normalized spacial score (nSPS) is 25.2. The van der Waals surface area contributed by atoms with Crippen molar-refractivity contribution in [2.75, 3.05) is 18.0 Å². The standard InChI is InChI=1S/C11H15N5/c1-8-2-3-16(7-10(8)13)11-6-14-9(4-12)5-15-11/h5-6,8,10H,2-3,7,13H2,1H3. The van der Waals surface area contributed by atoms with E-state index in [1.807, 2.05) is 6.07 Å². The van der Waals surface area contributed by atoms with Crippen molar-refractivity contribution < 1.29 is 0 Å². The Morgan fingerprint density at radius 1 is 1.50 bits per heavy atom. The summed E-state index contributed by atoms with van der Waals surface area (Å²) in [7, 11) is 0. The SMILES string of the molecule is CC1CCN(c2cnc(C#N)cn2)CC1N. The van der Waals surface area contributed by atoms with Crippen LogP contribution in [-0.2, 0) is 0 Å². The third kappa shape index (κ3) is 2.12. The van der Waals surface area contributed by atoms with E-state index in [0.29, 0.717) is 11.6 Å². The molecule has 0 amide bonds. The maximum absolute atomic E-state index is 8.63. The molecule has 2 N–H and O–H groups in total. The number of piperidine rings is 1. The summed E-state index contributed by atoms with van der Waals surface area (Å²) in [6, 6.07) is 2.14. The molecule has 1 aliphatic heterocycles. The van der Waals surface area contributed by atoms with Crippen LogP contribution in [0.5, 0.6) is 0 Å². The molecular formula is C11H15N5. The van der Waals surface area contributed by atoms with Crippen molar-refractivity contribution in [1.82, 2.24) is 9.97 Å². The topological polar surface area (TPSA) is 78.8 Å². The lowest BCUT2D eigenvalue weighted by atomic mass is 9.94. The molecule has 0 aromatic carbocycles. The largest absolute Gasteiger partial charge is 0.354 e. The van der Waals surface area contributed by atoms with Crippen LogP contribution in [0.4, 0.5) is 5.82 Å². The van der Waals surface area contributed by atoms with Crippen LogP contribution in [0.1, 0.15) is 19.0 Å². The average Bonchev–Trinajstić information content (AvgIpc) is 2.33. The van der Waals surface area contributed by atoms with Crippen molar-refractivity contribution in [1.29, 1.82) is 5.26 Å². The van der Waals surface area contributed by atoms with Crippen LogP contribution in [0, 0.1) is 17.2 Å². The number of aromatic nitrogens is 2. The summed E-state index contributed by atoms with van der Waals surface area (Å²) in [6.45, 7) is 3.93. The molecule has 0 bridgehead atoms. The number of nitriles is 1. The number of rotatable bonds is 1. The van der Waals surface area contributed by atoms with Gasteiger partial charge in [-0.1, -0.05) is 6.92 Å². The second-order valence-corrected chi connectivity index (χ2v) is 4.25. The summed E-state index contributed by atoms with van der Waals surface area (Å²) >= 11 is 0. The van der Waals surface area contributed by atoms with Crippen molar-refractivity contribution in [3.63, 3.8) is 0 Å². The summed E-state index contributed by atoms with van der Waals surface area (Å²) in [5.74, 6) is 1.36. The van der Waals surface area contributed by atoms with E-state index in [2.05, 4.69) is 21.8 Å². The summed E-state index contributed by atoms with van der Waals surface area (Å²) in [5.41, 5.74) is 6.37. The van der Waals surface area contributed by atoms with Crippen LogP contribution >= 0.6 is 0 Å². The first-order valence-electron chi connectivity index (χ1n) is 5.43. The Hall–Kier alpha value is -1.67. The third-order valence-electron chi connectivity index (χ3n) is 3.09. The Morgan fingerprint density at radius 3 is 2.88 bits per heavy atom. The zero-order valence-corrected chi connectivity index (χ0v) is 9.30. The molecular weight excluding hydrogens is 202 g/mol. The molecule has 0 saturated carbocycles. The fourth-order valence-corrected chi connectivity index (χ4v) is 1.85. The second kappa shape index (κ2) is 4.45. The molecule has 2 heterocycles. The fourth-order valence-electron chi connectivity index (χ4n) is 1.85. The zero-order valence-electron chi connectivity index (χ0n) is 9.30. The summed E-state index contributed by atoms with van der Waals surface area (Å²) in [5, 5.41) is 8.63. The average molecular weight is 217 g/mol. The van der Waals surface area contributed by atoms with Crippen molar-refractivity contribution in [2.24, 2.45) is 11.7 Å². The molecule has 2 unspecified atom stereocenters. The molecule has 16 heavy (non-hydrogen) atoms. The molecule has 0 radical (unpaired) electrons. The van der Waals surface area contributed by atoms with Gasteiger partial charge in [-0.2, -0.15) is 5.26 Å². The predicted molar refractivity (Wildman–Crippen MR) is 60.7 cm³/mol. The highest BCUT2D eigenvalue weighted by Crippen LogP contribution is 2.19. The lowest BCUT2D eigenvalue weighted by Crippen LogP contribution is -2.47. The van der Waals surface area contributed by atoms with E-state index in [1.165, 1.54) is 6.20 Å². The highest BCUT2D eigenvalue weighted by Gasteiger charge is 2.23. The van der Waals surface area contributed by atoms with E-state index in [-0.39, 0.29) is 6.04 Å². The fraction of sp³-hybridized carbons (Fsp3) is 0.545. The van der Waals surface area contributed by atoms with Crippen LogP contribution in [0.3, 0.4) is 0 Å². The minimum Gasteiger partial charge on any atom is -0.354 e. The maximum Gasteiger partial charge on any atom is 0.158 e. The van der Waals surface area contributed by atoms with E-state index >= 15 is 0 Å². The van der Waals surface area contributed by atoms with E-state index in [4.69, 9.17) is 11.0 Å². The molecule has 0 spiro atoms. The van der Waals surface area contributed by atoms with Crippen LogP contribution in [0.2, 0.25) is 0 Å². The summed E-state index contributed by atoms with van der Waals surface area (Å²) in [6.07, 6.45) is 4.21. The monoisotopic (exact) mass is 217 g/mol. The second-order valence-electron chi connectivity index (χ2n) is 4.25.